The lowest BCUT2D eigenvalue weighted by atomic mass is 10.1. The molecule has 0 atom stereocenters. The van der Waals surface area contributed by atoms with Gasteiger partial charge in [-0.1, -0.05) is 48.7 Å². The number of nitrogens with one attached hydrogen (secondary N) is 1. The summed E-state index contributed by atoms with van der Waals surface area (Å²) in [6.07, 6.45) is 4.66. The van der Waals surface area contributed by atoms with Crippen LogP contribution in [0.15, 0.2) is 64.6 Å². The summed E-state index contributed by atoms with van der Waals surface area (Å²) in [7, 11) is 0. The van der Waals surface area contributed by atoms with Gasteiger partial charge in [0.25, 0.3) is 5.91 Å². The van der Waals surface area contributed by atoms with Crippen LogP contribution in [0.2, 0.25) is 10.0 Å². The van der Waals surface area contributed by atoms with Crippen molar-refractivity contribution in [3.8, 4) is 17.4 Å². The van der Waals surface area contributed by atoms with Crippen molar-refractivity contribution in [2.45, 2.75) is 26.2 Å². The molecule has 3 rings (SSSR count). The number of aryl methyl sites for hydroxylation is 1. The van der Waals surface area contributed by atoms with Crippen LogP contribution in [0.1, 0.15) is 31.1 Å². The molecule has 0 bridgehead atoms. The topological polar surface area (TPSA) is 66.0 Å². The standard InChI is InChI=1S/C24H20Cl2N2O2/c1-2-3-4-16-5-8-19(9-6-16)28-24(29)17(15-27)13-20-10-12-23(30-20)21-11-7-18(25)14-22(21)26/h5-14H,2-4H2,1H3,(H,28,29)/b17-13+. The van der Waals surface area contributed by atoms with Crippen molar-refractivity contribution in [1.82, 2.24) is 0 Å². The van der Waals surface area contributed by atoms with E-state index in [0.29, 0.717) is 32.8 Å². The Hall–Kier alpha value is -3.00. The molecule has 1 amide bonds. The molecule has 0 radical (unpaired) electrons. The van der Waals surface area contributed by atoms with Crippen molar-refractivity contribution in [2.24, 2.45) is 0 Å². The fourth-order valence-corrected chi connectivity index (χ4v) is 3.39. The summed E-state index contributed by atoms with van der Waals surface area (Å²) >= 11 is 12.1. The Kier molecular flexibility index (Phi) is 7.35. The molecule has 0 saturated heterocycles. The SMILES string of the molecule is CCCCc1ccc(NC(=O)/C(C#N)=C/c2ccc(-c3ccc(Cl)cc3Cl)o2)cc1. The van der Waals surface area contributed by atoms with Crippen molar-refractivity contribution < 1.29 is 9.21 Å². The Morgan fingerprint density at radius 3 is 2.57 bits per heavy atom. The molecular weight excluding hydrogens is 419 g/mol. The van der Waals surface area contributed by atoms with Gasteiger partial charge >= 0.3 is 0 Å². The van der Waals surface area contributed by atoms with Crippen LogP contribution in [0.4, 0.5) is 5.69 Å². The Labute approximate surface area is 185 Å². The second kappa shape index (κ2) is 10.2. The highest BCUT2D eigenvalue weighted by Crippen LogP contribution is 2.32. The number of furan rings is 1. The second-order valence-corrected chi connectivity index (χ2v) is 7.59. The minimum Gasteiger partial charge on any atom is -0.457 e. The van der Waals surface area contributed by atoms with Gasteiger partial charge in [0.05, 0.1) is 5.02 Å². The van der Waals surface area contributed by atoms with Crippen LogP contribution in [0.25, 0.3) is 17.4 Å². The number of benzene rings is 2. The first kappa shape index (κ1) is 21.7. The van der Waals surface area contributed by atoms with Gasteiger partial charge in [0.15, 0.2) is 0 Å². The molecule has 152 valence electrons. The predicted octanol–water partition coefficient (Wildman–Crippen LogP) is 7.14. The molecule has 0 aliphatic carbocycles. The largest absolute Gasteiger partial charge is 0.457 e. The van der Waals surface area contributed by atoms with E-state index < -0.39 is 5.91 Å². The third-order valence-electron chi connectivity index (χ3n) is 4.51. The van der Waals surface area contributed by atoms with E-state index in [9.17, 15) is 10.1 Å². The van der Waals surface area contributed by atoms with Gasteiger partial charge in [0.1, 0.15) is 23.2 Å². The average Bonchev–Trinajstić information content (AvgIpc) is 3.19. The van der Waals surface area contributed by atoms with E-state index in [1.165, 1.54) is 11.6 Å². The summed E-state index contributed by atoms with van der Waals surface area (Å²) in [4.78, 5) is 12.5. The molecule has 0 aliphatic rings. The highest BCUT2D eigenvalue weighted by molar-refractivity contribution is 6.36. The van der Waals surface area contributed by atoms with Gasteiger partial charge in [-0.05, 0) is 60.9 Å². The fourth-order valence-electron chi connectivity index (χ4n) is 2.89. The van der Waals surface area contributed by atoms with Gasteiger partial charge in [0, 0.05) is 22.3 Å². The molecule has 1 aromatic heterocycles. The first-order valence-corrected chi connectivity index (χ1v) is 10.3. The molecule has 1 N–H and O–H groups in total. The summed E-state index contributed by atoms with van der Waals surface area (Å²) < 4.78 is 5.74. The van der Waals surface area contributed by atoms with E-state index in [1.54, 1.807) is 30.3 Å². The number of carbonyl (C=O) groups excluding carboxylic acids is 1. The van der Waals surface area contributed by atoms with E-state index in [4.69, 9.17) is 27.6 Å². The average molecular weight is 439 g/mol. The summed E-state index contributed by atoms with van der Waals surface area (Å²) in [6, 6.07) is 18.0. The lowest BCUT2D eigenvalue weighted by molar-refractivity contribution is -0.112. The van der Waals surface area contributed by atoms with Crippen LogP contribution in [0.5, 0.6) is 0 Å². The van der Waals surface area contributed by atoms with Crippen LogP contribution in [0.3, 0.4) is 0 Å². The van der Waals surface area contributed by atoms with Gasteiger partial charge in [-0.15, -0.1) is 0 Å². The number of carbonyl (C=O) groups is 1. The zero-order chi connectivity index (χ0) is 21.5. The number of hydrogen-bond acceptors (Lipinski definition) is 3. The molecule has 0 saturated carbocycles. The first-order chi connectivity index (χ1) is 14.5. The molecule has 0 unspecified atom stereocenters. The zero-order valence-electron chi connectivity index (χ0n) is 16.4. The third kappa shape index (κ3) is 5.54. The molecule has 4 nitrogen and oxygen atoms in total. The van der Waals surface area contributed by atoms with Crippen molar-refractivity contribution in [2.75, 3.05) is 5.32 Å². The van der Waals surface area contributed by atoms with Gasteiger partial charge < -0.3 is 9.73 Å². The number of rotatable bonds is 7. The molecular formula is C24H20Cl2N2O2. The summed E-state index contributed by atoms with van der Waals surface area (Å²) in [5, 5.41) is 13.1. The van der Waals surface area contributed by atoms with Crippen LogP contribution >= 0.6 is 23.2 Å². The lowest BCUT2D eigenvalue weighted by Crippen LogP contribution is -2.13. The molecule has 30 heavy (non-hydrogen) atoms. The third-order valence-corrected chi connectivity index (χ3v) is 5.05. The summed E-state index contributed by atoms with van der Waals surface area (Å²) in [6.45, 7) is 2.15. The van der Waals surface area contributed by atoms with E-state index in [1.807, 2.05) is 30.3 Å². The molecule has 0 fully saturated rings. The monoisotopic (exact) mass is 438 g/mol. The Morgan fingerprint density at radius 1 is 1.13 bits per heavy atom. The van der Waals surface area contributed by atoms with E-state index >= 15 is 0 Å². The van der Waals surface area contributed by atoms with Crippen LogP contribution in [0, 0.1) is 11.3 Å². The Balaban J connectivity index is 1.73. The normalized spacial score (nSPS) is 11.2. The molecule has 1 heterocycles. The number of nitriles is 1. The minimum atomic E-state index is -0.499. The number of halogens is 2. The zero-order valence-corrected chi connectivity index (χ0v) is 17.9. The summed E-state index contributed by atoms with van der Waals surface area (Å²) in [5.74, 6) is 0.391. The maximum absolute atomic E-state index is 12.5. The first-order valence-electron chi connectivity index (χ1n) is 9.57. The number of unbranched alkanes of at least 4 members (excludes halogenated alkanes) is 1. The van der Waals surface area contributed by atoms with E-state index in [-0.39, 0.29) is 5.57 Å². The maximum atomic E-state index is 12.5. The smallest absolute Gasteiger partial charge is 0.266 e. The van der Waals surface area contributed by atoms with Crippen LogP contribution in [-0.2, 0) is 11.2 Å². The Morgan fingerprint density at radius 2 is 1.90 bits per heavy atom. The predicted molar refractivity (Wildman–Crippen MR) is 121 cm³/mol. The highest BCUT2D eigenvalue weighted by atomic mass is 35.5. The number of hydrogen-bond donors (Lipinski definition) is 1. The molecule has 3 aromatic rings. The molecule has 2 aromatic carbocycles. The maximum Gasteiger partial charge on any atom is 0.266 e. The molecule has 0 spiro atoms. The van der Waals surface area contributed by atoms with Crippen molar-refractivity contribution in [3.63, 3.8) is 0 Å². The van der Waals surface area contributed by atoms with E-state index in [2.05, 4.69) is 12.2 Å². The quantitative estimate of drug-likeness (QED) is 0.314. The van der Waals surface area contributed by atoms with Gasteiger partial charge in [-0.2, -0.15) is 5.26 Å². The fraction of sp³-hybridized carbons (Fsp3) is 0.167. The van der Waals surface area contributed by atoms with Crippen molar-refractivity contribution in [1.29, 1.82) is 5.26 Å². The van der Waals surface area contributed by atoms with E-state index in [0.717, 1.165) is 19.3 Å². The van der Waals surface area contributed by atoms with Gasteiger partial charge in [-0.3, -0.25) is 4.79 Å². The minimum absolute atomic E-state index is 0.0619. The second-order valence-electron chi connectivity index (χ2n) is 6.75. The van der Waals surface area contributed by atoms with Crippen molar-refractivity contribution in [3.05, 3.63) is 81.5 Å². The van der Waals surface area contributed by atoms with Crippen LogP contribution in [-0.4, -0.2) is 5.91 Å². The van der Waals surface area contributed by atoms with Crippen LogP contribution < -0.4 is 5.32 Å². The van der Waals surface area contributed by atoms with Gasteiger partial charge in [-0.25, -0.2) is 0 Å². The highest BCUT2D eigenvalue weighted by Gasteiger charge is 2.13. The number of anilines is 1. The van der Waals surface area contributed by atoms with Crippen molar-refractivity contribution >= 4 is 40.9 Å². The Bertz CT molecular complexity index is 1110. The van der Waals surface area contributed by atoms with Gasteiger partial charge in [0.2, 0.25) is 0 Å². The lowest BCUT2D eigenvalue weighted by Gasteiger charge is -2.06. The molecule has 0 aliphatic heterocycles. The number of amides is 1. The summed E-state index contributed by atoms with van der Waals surface area (Å²) in [5.41, 5.74) is 2.46. The number of nitrogens with zero attached hydrogens (tertiary/aromatic N) is 1. The molecule has 6 heteroatoms.